The molecule has 1 saturated heterocycles. The van der Waals surface area contributed by atoms with E-state index in [9.17, 15) is 18.0 Å². The number of ether oxygens (including phenoxy) is 2. The first-order valence-corrected chi connectivity index (χ1v) is 11.5. The Morgan fingerprint density at radius 1 is 1.24 bits per heavy atom. The lowest BCUT2D eigenvalue weighted by Crippen LogP contribution is -2.34. The van der Waals surface area contributed by atoms with Gasteiger partial charge in [0.15, 0.2) is 0 Å². The lowest BCUT2D eigenvalue weighted by molar-refractivity contribution is -0.137. The Hall–Kier alpha value is -3.23. The molecule has 6 nitrogen and oxygen atoms in total. The van der Waals surface area contributed by atoms with Gasteiger partial charge in [-0.05, 0) is 50.6 Å². The minimum absolute atomic E-state index is 0.115. The number of hydrogen-bond acceptors (Lipinski definition) is 5. The van der Waals surface area contributed by atoms with Crippen molar-refractivity contribution >= 4 is 17.8 Å². The van der Waals surface area contributed by atoms with E-state index in [0.29, 0.717) is 45.0 Å². The summed E-state index contributed by atoms with van der Waals surface area (Å²) in [5.41, 5.74) is 1.11. The third-order valence-electron chi connectivity index (χ3n) is 5.94. The number of hydrogen-bond donors (Lipinski definition) is 0. The van der Waals surface area contributed by atoms with Crippen molar-refractivity contribution in [2.24, 2.45) is 0 Å². The molecule has 0 N–H and O–H groups in total. The minimum Gasteiger partial charge on any atom is -0.493 e. The number of rotatable bonds is 5. The standard InChI is InChI=1S/C25H28F3N3O3/c1-3-33-21-15-19-13-17(2)34-22(19)14-18(21)5-8-24(32)31-10-4-9-30(11-12-31)23-7-6-20(16-29-23)25(26,27)28/h5-8,14-17H,3-4,9-13H2,1-2H3/b8-5+. The van der Waals surface area contributed by atoms with Gasteiger partial charge in [0.25, 0.3) is 0 Å². The lowest BCUT2D eigenvalue weighted by Gasteiger charge is -2.22. The first-order chi connectivity index (χ1) is 16.2. The van der Waals surface area contributed by atoms with E-state index in [2.05, 4.69) is 4.98 Å². The molecule has 0 radical (unpaired) electrons. The van der Waals surface area contributed by atoms with Crippen LogP contribution in [0.4, 0.5) is 19.0 Å². The molecule has 0 spiro atoms. The van der Waals surface area contributed by atoms with E-state index in [1.54, 1.807) is 11.0 Å². The summed E-state index contributed by atoms with van der Waals surface area (Å²) < 4.78 is 50.0. The number of aromatic nitrogens is 1. The third kappa shape index (κ3) is 5.46. The van der Waals surface area contributed by atoms with Crippen LogP contribution in [-0.4, -0.2) is 54.7 Å². The number of fused-ring (bicyclic) bond motifs is 1. The van der Waals surface area contributed by atoms with Crippen LogP contribution in [0.5, 0.6) is 11.5 Å². The summed E-state index contributed by atoms with van der Waals surface area (Å²) in [5, 5.41) is 0. The first-order valence-electron chi connectivity index (χ1n) is 11.5. The minimum atomic E-state index is -4.41. The van der Waals surface area contributed by atoms with Crippen LogP contribution >= 0.6 is 0 Å². The second-order valence-electron chi connectivity index (χ2n) is 8.47. The van der Waals surface area contributed by atoms with E-state index in [4.69, 9.17) is 9.47 Å². The Kier molecular flexibility index (Phi) is 7.00. The van der Waals surface area contributed by atoms with Gasteiger partial charge in [-0.2, -0.15) is 13.2 Å². The molecule has 2 aliphatic rings. The Morgan fingerprint density at radius 3 is 2.76 bits per heavy atom. The van der Waals surface area contributed by atoms with Crippen LogP contribution in [0, 0.1) is 0 Å². The zero-order valence-corrected chi connectivity index (χ0v) is 19.3. The summed E-state index contributed by atoms with van der Waals surface area (Å²) >= 11 is 0. The molecule has 1 amide bonds. The largest absolute Gasteiger partial charge is 0.493 e. The average molecular weight is 476 g/mol. The number of alkyl halides is 3. The fourth-order valence-corrected chi connectivity index (χ4v) is 4.24. The van der Waals surface area contributed by atoms with Crippen LogP contribution in [0.1, 0.15) is 37.0 Å². The highest BCUT2D eigenvalue weighted by molar-refractivity contribution is 5.92. The number of halogens is 3. The van der Waals surface area contributed by atoms with Gasteiger partial charge in [0.2, 0.25) is 5.91 Å². The van der Waals surface area contributed by atoms with Gasteiger partial charge >= 0.3 is 6.18 Å². The number of pyridine rings is 1. The maximum absolute atomic E-state index is 12.9. The fraction of sp³-hybridized carbons (Fsp3) is 0.440. The number of carbonyl (C=O) groups is 1. The van der Waals surface area contributed by atoms with Crippen LogP contribution in [0.25, 0.3) is 6.08 Å². The molecule has 1 atom stereocenters. The summed E-state index contributed by atoms with van der Waals surface area (Å²) in [6, 6.07) is 6.31. The maximum atomic E-state index is 12.9. The van der Waals surface area contributed by atoms with Gasteiger partial charge in [0, 0.05) is 56.0 Å². The number of amides is 1. The molecule has 182 valence electrons. The Balaban J connectivity index is 1.41. The third-order valence-corrected chi connectivity index (χ3v) is 5.94. The summed E-state index contributed by atoms with van der Waals surface area (Å²) in [5.74, 6) is 1.89. The van der Waals surface area contributed by atoms with Crippen molar-refractivity contribution in [3.05, 3.63) is 53.2 Å². The van der Waals surface area contributed by atoms with Gasteiger partial charge in [-0.1, -0.05) is 0 Å². The fourth-order valence-electron chi connectivity index (χ4n) is 4.24. The van der Waals surface area contributed by atoms with Crippen LogP contribution in [-0.2, 0) is 17.4 Å². The zero-order chi connectivity index (χ0) is 24.3. The quantitative estimate of drug-likeness (QED) is 0.593. The topological polar surface area (TPSA) is 54.9 Å². The number of anilines is 1. The van der Waals surface area contributed by atoms with E-state index >= 15 is 0 Å². The molecular formula is C25H28F3N3O3. The van der Waals surface area contributed by atoms with E-state index in [1.165, 1.54) is 12.1 Å². The van der Waals surface area contributed by atoms with Crippen molar-refractivity contribution in [2.75, 3.05) is 37.7 Å². The highest BCUT2D eigenvalue weighted by Gasteiger charge is 2.31. The Labute approximate surface area is 197 Å². The van der Waals surface area contributed by atoms with Crippen LogP contribution in [0.2, 0.25) is 0 Å². The average Bonchev–Trinajstić information content (AvgIpc) is 2.99. The monoisotopic (exact) mass is 475 g/mol. The van der Waals surface area contributed by atoms with Gasteiger partial charge in [0.1, 0.15) is 23.4 Å². The summed E-state index contributed by atoms with van der Waals surface area (Å²) in [4.78, 5) is 20.5. The maximum Gasteiger partial charge on any atom is 0.417 e. The number of nitrogens with zero attached hydrogens (tertiary/aromatic N) is 3. The molecule has 1 aromatic heterocycles. The van der Waals surface area contributed by atoms with Gasteiger partial charge in [-0.25, -0.2) is 4.98 Å². The van der Waals surface area contributed by atoms with Crippen molar-refractivity contribution in [2.45, 2.75) is 39.0 Å². The molecule has 0 saturated carbocycles. The zero-order valence-electron chi connectivity index (χ0n) is 19.3. The molecule has 0 aliphatic carbocycles. The molecule has 1 fully saturated rings. The predicted molar refractivity (Wildman–Crippen MR) is 123 cm³/mol. The highest BCUT2D eigenvalue weighted by Crippen LogP contribution is 2.36. The number of carbonyl (C=O) groups excluding carboxylic acids is 1. The summed E-state index contributed by atoms with van der Waals surface area (Å²) in [7, 11) is 0. The summed E-state index contributed by atoms with van der Waals surface area (Å²) in [6.07, 6.45) is 1.36. The molecule has 2 aliphatic heterocycles. The van der Waals surface area contributed by atoms with Crippen LogP contribution in [0.15, 0.2) is 36.5 Å². The Morgan fingerprint density at radius 2 is 2.06 bits per heavy atom. The Bertz CT molecular complexity index is 1050. The predicted octanol–water partition coefficient (Wildman–Crippen LogP) is 4.57. The van der Waals surface area contributed by atoms with Crippen molar-refractivity contribution in [1.82, 2.24) is 9.88 Å². The molecule has 1 unspecified atom stereocenters. The number of benzene rings is 1. The highest BCUT2D eigenvalue weighted by atomic mass is 19.4. The van der Waals surface area contributed by atoms with Crippen LogP contribution < -0.4 is 14.4 Å². The molecule has 0 bridgehead atoms. The SMILES string of the molecule is CCOc1cc2c(cc1/C=C/C(=O)N1CCCN(c3ccc(C(F)(F)F)cn3)CC1)OC(C)C2. The normalized spacial score (nSPS) is 18.6. The van der Waals surface area contributed by atoms with Gasteiger partial charge in [-0.3, -0.25) is 4.79 Å². The van der Waals surface area contributed by atoms with E-state index in [0.717, 1.165) is 41.3 Å². The van der Waals surface area contributed by atoms with E-state index in [1.807, 2.05) is 30.9 Å². The van der Waals surface area contributed by atoms with Gasteiger partial charge in [-0.15, -0.1) is 0 Å². The van der Waals surface area contributed by atoms with Gasteiger partial charge < -0.3 is 19.3 Å². The summed E-state index contributed by atoms with van der Waals surface area (Å²) in [6.45, 7) is 6.57. The molecule has 1 aromatic carbocycles. The molecular weight excluding hydrogens is 447 g/mol. The van der Waals surface area contributed by atoms with Crippen molar-refractivity contribution < 1.29 is 27.4 Å². The molecule has 34 heavy (non-hydrogen) atoms. The molecule has 2 aromatic rings. The smallest absolute Gasteiger partial charge is 0.417 e. The van der Waals surface area contributed by atoms with Crippen molar-refractivity contribution in [3.8, 4) is 11.5 Å². The van der Waals surface area contributed by atoms with Crippen molar-refractivity contribution in [3.63, 3.8) is 0 Å². The first kappa shape index (κ1) is 23.9. The van der Waals surface area contributed by atoms with Gasteiger partial charge in [0.05, 0.1) is 12.2 Å². The van der Waals surface area contributed by atoms with Crippen LogP contribution in [0.3, 0.4) is 0 Å². The molecule has 9 heteroatoms. The second-order valence-corrected chi connectivity index (χ2v) is 8.47. The second kappa shape index (κ2) is 9.95. The van der Waals surface area contributed by atoms with E-state index < -0.39 is 11.7 Å². The lowest BCUT2D eigenvalue weighted by atomic mass is 10.1. The molecule has 3 heterocycles. The molecule has 4 rings (SSSR count). The van der Waals surface area contributed by atoms with E-state index in [-0.39, 0.29) is 12.0 Å². The van der Waals surface area contributed by atoms with Crippen molar-refractivity contribution in [1.29, 1.82) is 0 Å².